The average molecular weight is 314 g/mol. The van der Waals surface area contributed by atoms with Gasteiger partial charge >= 0.3 is 5.97 Å². The third-order valence-corrected chi connectivity index (χ3v) is 3.94. The number of aromatic nitrogens is 1. The predicted octanol–water partition coefficient (Wildman–Crippen LogP) is 4.83. The van der Waals surface area contributed by atoms with E-state index in [4.69, 9.17) is 0 Å². The fraction of sp³-hybridized carbons (Fsp3) is 0. The molecule has 0 atom stereocenters. The molecule has 0 fully saturated rings. The second-order valence-electron chi connectivity index (χ2n) is 5.57. The van der Waals surface area contributed by atoms with Crippen molar-refractivity contribution in [3.8, 4) is 0 Å². The van der Waals surface area contributed by atoms with Crippen molar-refractivity contribution in [1.29, 1.82) is 0 Å². The third-order valence-electron chi connectivity index (χ3n) is 3.94. The van der Waals surface area contributed by atoms with Crippen LogP contribution in [-0.4, -0.2) is 16.1 Å². The second kappa shape index (κ2) is 5.66. The molecule has 0 spiro atoms. The van der Waals surface area contributed by atoms with E-state index in [1.54, 1.807) is 6.07 Å². The molecular formula is C20H14N2O2. The molecule has 1 aromatic heterocycles. The van der Waals surface area contributed by atoms with Gasteiger partial charge in [-0.1, -0.05) is 36.4 Å². The molecule has 0 unspecified atom stereocenters. The highest BCUT2D eigenvalue weighted by Gasteiger charge is 2.13. The lowest BCUT2D eigenvalue weighted by Gasteiger charge is -2.11. The Labute approximate surface area is 138 Å². The Morgan fingerprint density at radius 3 is 2.38 bits per heavy atom. The molecule has 0 saturated heterocycles. The van der Waals surface area contributed by atoms with Crippen molar-refractivity contribution >= 4 is 39.1 Å². The first-order chi connectivity index (χ1) is 11.7. The summed E-state index contributed by atoms with van der Waals surface area (Å²) < 4.78 is 0. The topological polar surface area (TPSA) is 62.2 Å². The van der Waals surface area contributed by atoms with E-state index in [0.717, 1.165) is 22.0 Å². The van der Waals surface area contributed by atoms with Crippen LogP contribution in [0.25, 0.3) is 21.8 Å². The molecule has 4 heteroatoms. The number of benzene rings is 3. The van der Waals surface area contributed by atoms with Gasteiger partial charge in [-0.3, -0.25) is 0 Å². The standard InChI is InChI=1S/C20H14N2O2/c23-20(24)16-12-18-14(10-13-6-4-5-9-17(13)22-18)11-19(16)21-15-7-2-1-3-8-15/h1-12,21H,(H,23,24). The van der Waals surface area contributed by atoms with E-state index in [0.29, 0.717) is 11.2 Å². The first kappa shape index (κ1) is 14.2. The number of hydrogen-bond acceptors (Lipinski definition) is 3. The lowest BCUT2D eigenvalue weighted by Crippen LogP contribution is -2.03. The number of para-hydroxylation sites is 2. The normalized spacial score (nSPS) is 10.8. The van der Waals surface area contributed by atoms with Crippen molar-refractivity contribution in [3.05, 3.63) is 78.4 Å². The average Bonchev–Trinajstić information content (AvgIpc) is 2.60. The lowest BCUT2D eigenvalue weighted by molar-refractivity contribution is 0.0698. The highest BCUT2D eigenvalue weighted by Crippen LogP contribution is 2.28. The van der Waals surface area contributed by atoms with Crippen LogP contribution in [0.4, 0.5) is 11.4 Å². The molecule has 4 rings (SSSR count). The second-order valence-corrected chi connectivity index (χ2v) is 5.57. The lowest BCUT2D eigenvalue weighted by atomic mass is 10.1. The number of carboxylic acid groups (broad SMARTS) is 1. The van der Waals surface area contributed by atoms with Gasteiger partial charge in [0.2, 0.25) is 0 Å². The summed E-state index contributed by atoms with van der Waals surface area (Å²) in [6, 6.07) is 22.8. The van der Waals surface area contributed by atoms with Gasteiger partial charge in [-0.05, 0) is 36.4 Å². The fourth-order valence-corrected chi connectivity index (χ4v) is 2.78. The van der Waals surface area contributed by atoms with Gasteiger partial charge in [-0.25, -0.2) is 9.78 Å². The van der Waals surface area contributed by atoms with E-state index in [1.807, 2.05) is 66.7 Å². The third kappa shape index (κ3) is 2.54. The molecule has 116 valence electrons. The number of carbonyl (C=O) groups is 1. The molecule has 1 heterocycles. The van der Waals surface area contributed by atoms with Gasteiger partial charge in [0, 0.05) is 16.5 Å². The molecule has 0 amide bonds. The van der Waals surface area contributed by atoms with E-state index >= 15 is 0 Å². The molecule has 0 aliphatic carbocycles. The Kier molecular flexibility index (Phi) is 3.35. The Bertz CT molecular complexity index is 1060. The number of pyridine rings is 1. The van der Waals surface area contributed by atoms with Gasteiger partial charge in [-0.2, -0.15) is 0 Å². The summed E-state index contributed by atoms with van der Waals surface area (Å²) in [6.07, 6.45) is 0. The van der Waals surface area contributed by atoms with Crippen molar-refractivity contribution < 1.29 is 9.90 Å². The Morgan fingerprint density at radius 2 is 1.58 bits per heavy atom. The fourth-order valence-electron chi connectivity index (χ4n) is 2.78. The minimum atomic E-state index is -0.981. The van der Waals surface area contributed by atoms with Crippen molar-refractivity contribution in [2.45, 2.75) is 0 Å². The van der Waals surface area contributed by atoms with Crippen molar-refractivity contribution in [3.63, 3.8) is 0 Å². The monoisotopic (exact) mass is 314 g/mol. The first-order valence-electron chi connectivity index (χ1n) is 7.60. The van der Waals surface area contributed by atoms with Crippen molar-refractivity contribution in [2.75, 3.05) is 5.32 Å². The van der Waals surface area contributed by atoms with Gasteiger partial charge in [0.15, 0.2) is 0 Å². The van der Waals surface area contributed by atoms with Crippen LogP contribution in [-0.2, 0) is 0 Å². The molecule has 0 aliphatic rings. The van der Waals surface area contributed by atoms with E-state index in [2.05, 4.69) is 10.3 Å². The van der Waals surface area contributed by atoms with Crippen LogP contribution in [0.5, 0.6) is 0 Å². The van der Waals surface area contributed by atoms with Crippen LogP contribution in [0.3, 0.4) is 0 Å². The Balaban J connectivity index is 1.92. The SMILES string of the molecule is O=C(O)c1cc2nc3ccccc3cc2cc1Nc1ccccc1. The Morgan fingerprint density at radius 1 is 0.833 bits per heavy atom. The molecule has 24 heavy (non-hydrogen) atoms. The largest absolute Gasteiger partial charge is 0.478 e. The van der Waals surface area contributed by atoms with Crippen LogP contribution < -0.4 is 5.32 Å². The zero-order valence-electron chi connectivity index (χ0n) is 12.7. The van der Waals surface area contributed by atoms with Crippen molar-refractivity contribution in [1.82, 2.24) is 4.98 Å². The summed E-state index contributed by atoms with van der Waals surface area (Å²) in [6.45, 7) is 0. The zero-order valence-corrected chi connectivity index (χ0v) is 12.7. The zero-order chi connectivity index (χ0) is 16.5. The van der Waals surface area contributed by atoms with E-state index in [1.165, 1.54) is 0 Å². The van der Waals surface area contributed by atoms with Gasteiger partial charge in [0.25, 0.3) is 0 Å². The van der Waals surface area contributed by atoms with E-state index in [-0.39, 0.29) is 5.56 Å². The summed E-state index contributed by atoms with van der Waals surface area (Å²) in [4.78, 5) is 16.2. The molecule has 0 aliphatic heterocycles. The molecule has 2 N–H and O–H groups in total. The van der Waals surface area contributed by atoms with Gasteiger partial charge in [0.05, 0.1) is 22.3 Å². The van der Waals surface area contributed by atoms with Crippen molar-refractivity contribution in [2.24, 2.45) is 0 Å². The maximum absolute atomic E-state index is 11.7. The summed E-state index contributed by atoms with van der Waals surface area (Å²) in [7, 11) is 0. The van der Waals surface area contributed by atoms with Crippen LogP contribution in [0.2, 0.25) is 0 Å². The first-order valence-corrected chi connectivity index (χ1v) is 7.60. The molecule has 0 saturated carbocycles. The number of nitrogens with zero attached hydrogens (tertiary/aromatic N) is 1. The maximum atomic E-state index is 11.7. The molecule has 4 aromatic rings. The number of nitrogens with one attached hydrogen (secondary N) is 1. The summed E-state index contributed by atoms with van der Waals surface area (Å²) in [5.74, 6) is -0.981. The molecule has 0 radical (unpaired) electrons. The van der Waals surface area contributed by atoms with Crippen LogP contribution in [0, 0.1) is 0 Å². The minimum Gasteiger partial charge on any atom is -0.478 e. The maximum Gasteiger partial charge on any atom is 0.337 e. The number of rotatable bonds is 3. The molecule has 0 bridgehead atoms. The highest BCUT2D eigenvalue weighted by molar-refractivity contribution is 6.03. The smallest absolute Gasteiger partial charge is 0.337 e. The quantitative estimate of drug-likeness (QED) is 0.532. The van der Waals surface area contributed by atoms with Gasteiger partial charge in [-0.15, -0.1) is 0 Å². The summed E-state index contributed by atoms with van der Waals surface area (Å²) in [5, 5.41) is 14.7. The molecule has 4 nitrogen and oxygen atoms in total. The highest BCUT2D eigenvalue weighted by atomic mass is 16.4. The minimum absolute atomic E-state index is 0.203. The van der Waals surface area contributed by atoms with Crippen LogP contribution in [0.1, 0.15) is 10.4 Å². The van der Waals surface area contributed by atoms with Gasteiger partial charge < -0.3 is 10.4 Å². The number of aromatic carboxylic acids is 1. The molecule has 3 aromatic carbocycles. The number of anilines is 2. The number of carboxylic acids is 1. The number of hydrogen-bond donors (Lipinski definition) is 2. The summed E-state index contributed by atoms with van der Waals surface area (Å²) >= 11 is 0. The number of fused-ring (bicyclic) bond motifs is 2. The van der Waals surface area contributed by atoms with Gasteiger partial charge in [0.1, 0.15) is 0 Å². The van der Waals surface area contributed by atoms with Crippen LogP contribution >= 0.6 is 0 Å². The Hall–Kier alpha value is -3.40. The van der Waals surface area contributed by atoms with E-state index in [9.17, 15) is 9.90 Å². The van der Waals surface area contributed by atoms with Crippen LogP contribution in [0.15, 0.2) is 72.8 Å². The summed E-state index contributed by atoms with van der Waals surface area (Å²) in [5.41, 5.74) is 3.12. The molecular weight excluding hydrogens is 300 g/mol. The van der Waals surface area contributed by atoms with E-state index < -0.39 is 5.97 Å². The predicted molar refractivity (Wildman–Crippen MR) is 95.9 cm³/mol.